The third-order valence-electron chi connectivity index (χ3n) is 3.89. The molecule has 0 aromatic heterocycles. The lowest BCUT2D eigenvalue weighted by molar-refractivity contribution is -0.147. The predicted octanol–water partition coefficient (Wildman–Crippen LogP) is 0.331. The number of carbonyl (C=O) groups is 3. The highest BCUT2D eigenvalue weighted by Crippen LogP contribution is 2.28. The summed E-state index contributed by atoms with van der Waals surface area (Å²) >= 11 is 5.25. The lowest BCUT2D eigenvalue weighted by atomic mass is 10.1. The molecule has 128 valence electrons. The molecule has 0 aromatic rings. The molecule has 0 spiro atoms. The van der Waals surface area contributed by atoms with E-state index in [0.29, 0.717) is 19.7 Å². The molecule has 23 heavy (non-hydrogen) atoms. The number of esters is 1. The molecule has 1 atom stereocenters. The molecule has 7 nitrogen and oxygen atoms in total. The lowest BCUT2D eigenvalue weighted by Gasteiger charge is -2.36. The molecule has 2 fully saturated rings. The molecule has 1 saturated heterocycles. The Morgan fingerprint density at radius 3 is 2.83 bits per heavy atom. The number of nitrogens with one attached hydrogen (secondary N) is 2. The van der Waals surface area contributed by atoms with Crippen molar-refractivity contribution in [3.8, 4) is 0 Å². The van der Waals surface area contributed by atoms with Crippen LogP contribution in [0, 0.1) is 5.92 Å². The molecule has 1 saturated carbocycles. The van der Waals surface area contributed by atoms with Crippen molar-refractivity contribution in [1.29, 1.82) is 0 Å². The minimum absolute atomic E-state index is 0.0315. The lowest BCUT2D eigenvalue weighted by Crippen LogP contribution is -2.60. The number of nitrogens with zero attached hydrogens (tertiary/aromatic N) is 1. The van der Waals surface area contributed by atoms with Crippen molar-refractivity contribution in [2.75, 3.05) is 19.7 Å². The van der Waals surface area contributed by atoms with Gasteiger partial charge < -0.3 is 20.3 Å². The van der Waals surface area contributed by atoms with Crippen LogP contribution in [0.4, 0.5) is 0 Å². The van der Waals surface area contributed by atoms with Gasteiger partial charge in [0.2, 0.25) is 11.8 Å². The summed E-state index contributed by atoms with van der Waals surface area (Å²) in [5.41, 5.74) is 0. The molecular weight excluding hydrogens is 318 g/mol. The molecule has 2 amide bonds. The first-order valence-electron chi connectivity index (χ1n) is 8.07. The van der Waals surface area contributed by atoms with Crippen LogP contribution < -0.4 is 10.6 Å². The van der Waals surface area contributed by atoms with Crippen LogP contribution in [0.3, 0.4) is 0 Å². The van der Waals surface area contributed by atoms with Crippen LogP contribution in [0.25, 0.3) is 0 Å². The van der Waals surface area contributed by atoms with Gasteiger partial charge in [-0.3, -0.25) is 14.4 Å². The fourth-order valence-corrected chi connectivity index (χ4v) is 2.65. The van der Waals surface area contributed by atoms with Crippen molar-refractivity contribution < 1.29 is 19.1 Å². The zero-order chi connectivity index (χ0) is 16.8. The van der Waals surface area contributed by atoms with Gasteiger partial charge in [0.05, 0.1) is 13.0 Å². The van der Waals surface area contributed by atoms with E-state index in [2.05, 4.69) is 10.6 Å². The van der Waals surface area contributed by atoms with Crippen molar-refractivity contribution in [1.82, 2.24) is 15.5 Å². The fraction of sp³-hybridized carbons (Fsp3) is 0.733. The Labute approximate surface area is 141 Å². The van der Waals surface area contributed by atoms with E-state index in [9.17, 15) is 14.4 Å². The number of carbonyl (C=O) groups excluding carboxylic acids is 3. The van der Waals surface area contributed by atoms with Gasteiger partial charge in [-0.2, -0.15) is 0 Å². The Bertz CT molecular complexity index is 493. The minimum atomic E-state index is -0.732. The van der Waals surface area contributed by atoms with E-state index in [-0.39, 0.29) is 29.3 Å². The first-order chi connectivity index (χ1) is 11.0. The zero-order valence-electron chi connectivity index (χ0n) is 13.3. The van der Waals surface area contributed by atoms with Crippen LogP contribution in [0.15, 0.2) is 0 Å². The summed E-state index contributed by atoms with van der Waals surface area (Å²) in [6, 6.07) is -0.732. The molecule has 8 heteroatoms. The van der Waals surface area contributed by atoms with Crippen molar-refractivity contribution in [3.05, 3.63) is 0 Å². The molecule has 0 aromatic carbocycles. The van der Waals surface area contributed by atoms with Gasteiger partial charge in [-0.25, -0.2) is 0 Å². The highest BCUT2D eigenvalue weighted by atomic mass is 32.1. The van der Waals surface area contributed by atoms with Crippen LogP contribution in [0.1, 0.15) is 39.0 Å². The largest absolute Gasteiger partial charge is 0.466 e. The summed E-state index contributed by atoms with van der Waals surface area (Å²) in [5, 5.41) is 5.60. The molecule has 0 bridgehead atoms. The number of piperazine rings is 1. The summed E-state index contributed by atoms with van der Waals surface area (Å²) in [6.07, 6.45) is 3.40. The van der Waals surface area contributed by atoms with E-state index in [1.54, 1.807) is 4.90 Å². The Morgan fingerprint density at radius 2 is 2.17 bits per heavy atom. The van der Waals surface area contributed by atoms with Crippen LogP contribution in [0.5, 0.6) is 0 Å². The Hall–Kier alpha value is -1.70. The van der Waals surface area contributed by atoms with Gasteiger partial charge >= 0.3 is 5.97 Å². The Kier molecular flexibility index (Phi) is 6.32. The second kappa shape index (κ2) is 8.24. The van der Waals surface area contributed by atoms with Crippen molar-refractivity contribution >= 4 is 35.1 Å². The normalized spacial score (nSPS) is 20.7. The van der Waals surface area contributed by atoms with Gasteiger partial charge in [-0.15, -0.1) is 0 Å². The molecule has 0 radical (unpaired) electrons. The SMILES string of the molecule is CCCCOC(=O)CC1C(=O)NCCN1C(=S)NC(=O)C1CC1. The van der Waals surface area contributed by atoms with Crippen molar-refractivity contribution in [3.63, 3.8) is 0 Å². The first kappa shape index (κ1) is 17.7. The number of rotatable bonds is 6. The molecule has 1 heterocycles. The van der Waals surface area contributed by atoms with Crippen molar-refractivity contribution in [2.45, 2.75) is 45.1 Å². The summed E-state index contributed by atoms with van der Waals surface area (Å²) in [6.45, 7) is 3.25. The number of unbranched alkanes of at least 4 members (excludes halogenated alkanes) is 1. The van der Waals surface area contributed by atoms with Crippen LogP contribution in [-0.2, 0) is 19.1 Å². The average Bonchev–Trinajstić information content (AvgIpc) is 3.34. The maximum absolute atomic E-state index is 12.1. The maximum atomic E-state index is 12.1. The summed E-state index contributed by atoms with van der Waals surface area (Å²) in [4.78, 5) is 37.4. The van der Waals surface area contributed by atoms with Gasteiger partial charge in [-0.1, -0.05) is 13.3 Å². The van der Waals surface area contributed by atoms with Crippen LogP contribution >= 0.6 is 12.2 Å². The molecule has 2 rings (SSSR count). The monoisotopic (exact) mass is 341 g/mol. The van der Waals surface area contributed by atoms with E-state index in [4.69, 9.17) is 17.0 Å². The van der Waals surface area contributed by atoms with Crippen LogP contribution in [-0.4, -0.2) is 53.5 Å². The first-order valence-corrected chi connectivity index (χ1v) is 8.48. The molecular formula is C15H23N3O4S. The molecule has 1 aliphatic carbocycles. The predicted molar refractivity (Wildman–Crippen MR) is 87.5 cm³/mol. The second-order valence-corrected chi connectivity index (χ2v) is 6.23. The third-order valence-corrected chi connectivity index (χ3v) is 4.23. The number of hydrogen-bond donors (Lipinski definition) is 2. The highest BCUT2D eigenvalue weighted by Gasteiger charge is 2.36. The Balaban J connectivity index is 1.91. The number of ether oxygens (including phenoxy) is 1. The second-order valence-electron chi connectivity index (χ2n) is 5.85. The number of thiocarbonyl (C=S) groups is 1. The summed E-state index contributed by atoms with van der Waals surface area (Å²) in [5.74, 6) is -0.775. The quantitative estimate of drug-likeness (QED) is 0.411. The van der Waals surface area contributed by atoms with E-state index in [1.807, 2.05) is 6.92 Å². The fourth-order valence-electron chi connectivity index (χ4n) is 2.33. The molecule has 1 aliphatic heterocycles. The summed E-state index contributed by atoms with van der Waals surface area (Å²) in [7, 11) is 0. The molecule has 2 N–H and O–H groups in total. The van der Waals surface area contributed by atoms with Crippen LogP contribution in [0.2, 0.25) is 0 Å². The minimum Gasteiger partial charge on any atom is -0.466 e. The van der Waals surface area contributed by atoms with Gasteiger partial charge in [0.25, 0.3) is 0 Å². The van der Waals surface area contributed by atoms with E-state index >= 15 is 0 Å². The molecule has 1 unspecified atom stereocenters. The standard InChI is InChI=1S/C15H23N3O4S/c1-2-3-8-22-12(19)9-11-14(21)16-6-7-18(11)15(23)17-13(20)10-4-5-10/h10-11H,2-9H2,1H3,(H,16,21)(H,17,20,23). The van der Waals surface area contributed by atoms with Gasteiger partial charge in [-0.05, 0) is 31.5 Å². The zero-order valence-corrected chi connectivity index (χ0v) is 14.1. The van der Waals surface area contributed by atoms with E-state index in [1.165, 1.54) is 0 Å². The van der Waals surface area contributed by atoms with E-state index in [0.717, 1.165) is 25.7 Å². The van der Waals surface area contributed by atoms with E-state index < -0.39 is 12.0 Å². The van der Waals surface area contributed by atoms with Gasteiger partial charge in [0.1, 0.15) is 6.04 Å². The highest BCUT2D eigenvalue weighted by molar-refractivity contribution is 7.80. The smallest absolute Gasteiger partial charge is 0.308 e. The topological polar surface area (TPSA) is 87.7 Å². The average molecular weight is 341 g/mol. The Morgan fingerprint density at radius 1 is 1.43 bits per heavy atom. The van der Waals surface area contributed by atoms with Crippen molar-refractivity contribution in [2.24, 2.45) is 5.92 Å². The number of amides is 2. The van der Waals surface area contributed by atoms with Gasteiger partial charge in [0, 0.05) is 19.0 Å². The van der Waals surface area contributed by atoms with Gasteiger partial charge in [0.15, 0.2) is 5.11 Å². The third kappa shape index (κ3) is 5.16. The summed E-state index contributed by atoms with van der Waals surface area (Å²) < 4.78 is 5.11. The maximum Gasteiger partial charge on any atom is 0.308 e. The molecule has 2 aliphatic rings. The number of hydrogen-bond acceptors (Lipinski definition) is 5.